The topological polar surface area (TPSA) is 64.1 Å². The second kappa shape index (κ2) is 7.66. The Kier molecular flexibility index (Phi) is 5.13. The van der Waals surface area contributed by atoms with E-state index in [1.54, 1.807) is 12.3 Å². The van der Waals surface area contributed by atoms with Crippen LogP contribution in [0.3, 0.4) is 0 Å². The van der Waals surface area contributed by atoms with Gasteiger partial charge in [0.05, 0.1) is 12.1 Å². The van der Waals surface area contributed by atoms with Crippen molar-refractivity contribution in [1.29, 1.82) is 0 Å². The molecule has 1 atom stereocenters. The van der Waals surface area contributed by atoms with Crippen LogP contribution in [0.1, 0.15) is 18.6 Å². The molecule has 5 nitrogen and oxygen atoms in total. The Morgan fingerprint density at radius 1 is 1.21 bits per heavy atom. The van der Waals surface area contributed by atoms with Gasteiger partial charge in [-0.3, -0.25) is 0 Å². The molecule has 24 heavy (non-hydrogen) atoms. The van der Waals surface area contributed by atoms with E-state index in [0.717, 1.165) is 17.0 Å². The highest BCUT2D eigenvalue weighted by atomic mass is 35.5. The van der Waals surface area contributed by atoms with E-state index in [0.29, 0.717) is 11.6 Å². The van der Waals surface area contributed by atoms with E-state index in [1.165, 1.54) is 11.9 Å². The molecule has 0 saturated carbocycles. The first kappa shape index (κ1) is 16.1. The van der Waals surface area contributed by atoms with Gasteiger partial charge in [-0.25, -0.2) is 9.97 Å². The van der Waals surface area contributed by atoms with Crippen molar-refractivity contribution in [2.75, 3.05) is 5.32 Å². The molecule has 3 rings (SSSR count). The number of hydrogen-bond donors (Lipinski definition) is 1. The average Bonchev–Trinajstić information content (AvgIpc) is 3.23. The maximum absolute atomic E-state index is 5.80. The molecule has 0 amide bonds. The predicted molar refractivity (Wildman–Crippen MR) is 95.5 cm³/mol. The number of anilines is 2. The molecule has 0 saturated heterocycles. The van der Waals surface area contributed by atoms with Gasteiger partial charge in [0.15, 0.2) is 12.0 Å². The summed E-state index contributed by atoms with van der Waals surface area (Å²) in [5.41, 5.74) is 3.78. The molecule has 2 aromatic heterocycles. The summed E-state index contributed by atoms with van der Waals surface area (Å²) in [5, 5.41) is 3.12. The number of oxazole rings is 2. The van der Waals surface area contributed by atoms with Crippen molar-refractivity contribution in [1.82, 2.24) is 9.97 Å². The lowest BCUT2D eigenvalue weighted by Gasteiger charge is -2.03. The van der Waals surface area contributed by atoms with Gasteiger partial charge in [-0.15, -0.1) is 0 Å². The number of aromatic nitrogens is 2. The quantitative estimate of drug-likeness (QED) is 0.472. The molecular formula is C18H16ClN3O2. The van der Waals surface area contributed by atoms with Crippen LogP contribution in [0.4, 0.5) is 11.7 Å². The Balaban J connectivity index is 1.78. The second-order valence-electron chi connectivity index (χ2n) is 4.98. The van der Waals surface area contributed by atoms with E-state index >= 15 is 0 Å². The molecular weight excluding hydrogens is 326 g/mol. The molecule has 1 unspecified atom stereocenters. The van der Waals surface area contributed by atoms with Gasteiger partial charge < -0.3 is 14.2 Å². The Morgan fingerprint density at radius 2 is 2.12 bits per heavy atom. The van der Waals surface area contributed by atoms with E-state index < -0.39 is 0 Å². The summed E-state index contributed by atoms with van der Waals surface area (Å²) in [5.74, 6) is 0.721. The fourth-order valence-electron chi connectivity index (χ4n) is 2.24. The molecule has 0 aliphatic rings. The highest BCUT2D eigenvalue weighted by molar-refractivity contribution is 6.25. The Labute approximate surface area is 144 Å². The van der Waals surface area contributed by atoms with Crippen LogP contribution in [0.15, 0.2) is 75.5 Å². The molecule has 0 spiro atoms. The van der Waals surface area contributed by atoms with Crippen molar-refractivity contribution in [2.24, 2.45) is 0 Å². The number of allylic oxidation sites excluding steroid dienone is 5. The lowest BCUT2D eigenvalue weighted by molar-refractivity contribution is 0.521. The van der Waals surface area contributed by atoms with Crippen LogP contribution in [0.5, 0.6) is 0 Å². The number of benzene rings is 1. The van der Waals surface area contributed by atoms with Crippen molar-refractivity contribution < 1.29 is 8.83 Å². The maximum Gasteiger partial charge on any atom is 0.299 e. The summed E-state index contributed by atoms with van der Waals surface area (Å²) in [7, 11) is 0. The summed E-state index contributed by atoms with van der Waals surface area (Å²) in [6, 6.07) is 6.03. The van der Waals surface area contributed by atoms with Crippen molar-refractivity contribution in [3.63, 3.8) is 0 Å². The van der Waals surface area contributed by atoms with Gasteiger partial charge >= 0.3 is 0 Å². The first-order valence-corrected chi connectivity index (χ1v) is 7.86. The van der Waals surface area contributed by atoms with Crippen LogP contribution in [-0.4, -0.2) is 9.97 Å². The van der Waals surface area contributed by atoms with Gasteiger partial charge in [0, 0.05) is 17.3 Å². The minimum absolute atomic E-state index is 0.0114. The van der Waals surface area contributed by atoms with Gasteiger partial charge in [-0.2, -0.15) is 0 Å². The average molecular weight is 342 g/mol. The number of fused-ring (bicyclic) bond motifs is 1. The molecule has 0 bridgehead atoms. The van der Waals surface area contributed by atoms with Crippen LogP contribution >= 0.6 is 11.6 Å². The monoisotopic (exact) mass is 341 g/mol. The Morgan fingerprint density at radius 3 is 2.96 bits per heavy atom. The fraction of sp³-hybridized carbons (Fsp3) is 0.111. The van der Waals surface area contributed by atoms with Crippen molar-refractivity contribution in [3.05, 3.63) is 72.5 Å². The minimum atomic E-state index is -0.0114. The first-order chi connectivity index (χ1) is 11.8. The van der Waals surface area contributed by atoms with Crippen LogP contribution in [0.25, 0.3) is 11.1 Å². The molecule has 3 aromatic rings. The van der Waals surface area contributed by atoms with E-state index in [2.05, 4.69) is 15.3 Å². The maximum atomic E-state index is 5.80. The third-order valence-electron chi connectivity index (χ3n) is 3.34. The first-order valence-electron chi connectivity index (χ1n) is 7.42. The summed E-state index contributed by atoms with van der Waals surface area (Å²) in [6.45, 7) is 1.96. The second-order valence-corrected chi connectivity index (χ2v) is 5.23. The van der Waals surface area contributed by atoms with E-state index in [-0.39, 0.29) is 5.92 Å². The molecule has 0 fully saturated rings. The number of nitrogens with zero attached hydrogens (tertiary/aromatic N) is 2. The minimum Gasteiger partial charge on any atom is -0.443 e. The summed E-state index contributed by atoms with van der Waals surface area (Å²) < 4.78 is 11.1. The Bertz CT molecular complexity index is 892. The molecule has 2 heterocycles. The normalized spacial score (nSPS) is 13.6. The van der Waals surface area contributed by atoms with E-state index in [4.69, 9.17) is 20.4 Å². The number of halogens is 1. The predicted octanol–water partition coefficient (Wildman–Crippen LogP) is 5.53. The smallest absolute Gasteiger partial charge is 0.299 e. The van der Waals surface area contributed by atoms with Crippen molar-refractivity contribution >= 4 is 34.4 Å². The molecule has 1 N–H and O–H groups in total. The largest absolute Gasteiger partial charge is 0.443 e. The number of hydrogen-bond acceptors (Lipinski definition) is 5. The summed E-state index contributed by atoms with van der Waals surface area (Å²) in [4.78, 5) is 8.36. The van der Waals surface area contributed by atoms with Gasteiger partial charge in [-0.05, 0) is 19.1 Å². The van der Waals surface area contributed by atoms with Crippen LogP contribution in [0, 0.1) is 0 Å². The standard InChI is InChI=1S/C18H16ClN3O2/c1-2-5-13(6-3-4-9-19)17-11-20-18(24-17)22-14-7-8-15-16(10-14)23-12-21-15/h2-13H,1H3,(H,20,22)/b5-2-,6-3?,9-4+. The highest BCUT2D eigenvalue weighted by Gasteiger charge is 2.11. The molecule has 0 aliphatic carbocycles. The van der Waals surface area contributed by atoms with Gasteiger partial charge in [0.25, 0.3) is 6.01 Å². The van der Waals surface area contributed by atoms with Gasteiger partial charge in [0.2, 0.25) is 0 Å². The lowest BCUT2D eigenvalue weighted by atomic mass is 10.1. The van der Waals surface area contributed by atoms with Crippen LogP contribution < -0.4 is 5.32 Å². The highest BCUT2D eigenvalue weighted by Crippen LogP contribution is 2.25. The molecule has 6 heteroatoms. The Hall–Kier alpha value is -2.79. The molecule has 1 aromatic carbocycles. The van der Waals surface area contributed by atoms with E-state index in [1.807, 2.05) is 49.4 Å². The van der Waals surface area contributed by atoms with Crippen molar-refractivity contribution in [3.8, 4) is 0 Å². The van der Waals surface area contributed by atoms with Crippen molar-refractivity contribution in [2.45, 2.75) is 12.8 Å². The zero-order chi connectivity index (χ0) is 16.8. The fourth-order valence-corrected chi connectivity index (χ4v) is 2.33. The third kappa shape index (κ3) is 3.75. The molecule has 0 radical (unpaired) electrons. The van der Waals surface area contributed by atoms with Gasteiger partial charge in [-0.1, -0.05) is 42.0 Å². The summed E-state index contributed by atoms with van der Waals surface area (Å²) in [6.07, 6.45) is 12.7. The third-order valence-corrected chi connectivity index (χ3v) is 3.48. The van der Waals surface area contributed by atoms with E-state index in [9.17, 15) is 0 Å². The molecule has 122 valence electrons. The SMILES string of the molecule is C/C=C\C(C=C/C=C/Cl)c1cnc(Nc2ccc3ncoc3c2)o1. The zero-order valence-corrected chi connectivity index (χ0v) is 13.8. The van der Waals surface area contributed by atoms with Crippen LogP contribution in [0.2, 0.25) is 0 Å². The number of rotatable bonds is 6. The lowest BCUT2D eigenvalue weighted by Crippen LogP contribution is -1.90. The zero-order valence-electron chi connectivity index (χ0n) is 13.0. The van der Waals surface area contributed by atoms with Gasteiger partial charge in [0.1, 0.15) is 11.3 Å². The molecule has 0 aliphatic heterocycles. The summed E-state index contributed by atoms with van der Waals surface area (Å²) >= 11 is 5.53. The number of nitrogens with one attached hydrogen (secondary N) is 1. The van der Waals surface area contributed by atoms with Crippen LogP contribution in [-0.2, 0) is 0 Å².